The van der Waals surface area contributed by atoms with E-state index in [9.17, 15) is 0 Å². The molecule has 3 heterocycles. The summed E-state index contributed by atoms with van der Waals surface area (Å²) in [4.78, 5) is 11.7. The third-order valence-electron chi connectivity index (χ3n) is 5.33. The molecule has 0 unspecified atom stereocenters. The zero-order valence-corrected chi connectivity index (χ0v) is 19.1. The lowest BCUT2D eigenvalue weighted by molar-refractivity contribution is 0.186. The van der Waals surface area contributed by atoms with Crippen LogP contribution in [0.1, 0.15) is 41.1 Å². The Morgan fingerprint density at radius 3 is 2.47 bits per heavy atom. The fourth-order valence-electron chi connectivity index (χ4n) is 4.11. The van der Waals surface area contributed by atoms with Gasteiger partial charge in [-0.3, -0.25) is 4.99 Å². The average molecular weight is 426 g/mol. The Labute approximate surface area is 180 Å². The average Bonchev–Trinajstić information content (AvgIpc) is 3.02. The van der Waals surface area contributed by atoms with Crippen LogP contribution in [0, 0.1) is 6.92 Å². The van der Waals surface area contributed by atoms with E-state index in [4.69, 9.17) is 29.9 Å². The van der Waals surface area contributed by atoms with E-state index >= 15 is 0 Å². The highest BCUT2D eigenvalue weighted by Gasteiger charge is 2.31. The standard InChI is InChI=1S/C23H27N3O3S/c1-12-7-14(11-27-4)18-19(24)21(30-22(18)25-12)20-15-9-17(29-6)16(28-5)8-13(15)10-23(2,3)26-20/h7-9H,10-11,24H2,1-6H3. The highest BCUT2D eigenvalue weighted by Crippen LogP contribution is 2.42. The minimum Gasteiger partial charge on any atom is -0.493 e. The number of aryl methyl sites for hydroxylation is 1. The molecule has 0 amide bonds. The second-order valence-electron chi connectivity index (χ2n) is 8.19. The zero-order chi connectivity index (χ0) is 21.6. The van der Waals surface area contributed by atoms with Crippen LogP contribution < -0.4 is 15.2 Å². The van der Waals surface area contributed by atoms with Gasteiger partial charge >= 0.3 is 0 Å². The smallest absolute Gasteiger partial charge is 0.161 e. The minimum absolute atomic E-state index is 0.261. The predicted octanol–water partition coefficient (Wildman–Crippen LogP) is 4.52. The summed E-state index contributed by atoms with van der Waals surface area (Å²) in [6, 6.07) is 6.08. The van der Waals surface area contributed by atoms with E-state index in [1.165, 1.54) is 5.56 Å². The summed E-state index contributed by atoms with van der Waals surface area (Å²) in [5, 5.41) is 0.954. The maximum absolute atomic E-state index is 6.70. The van der Waals surface area contributed by atoms with Crippen LogP contribution in [0.15, 0.2) is 23.2 Å². The highest BCUT2D eigenvalue weighted by molar-refractivity contribution is 7.21. The second kappa shape index (κ2) is 7.56. The van der Waals surface area contributed by atoms with E-state index in [1.807, 2.05) is 25.1 Å². The zero-order valence-electron chi connectivity index (χ0n) is 18.3. The van der Waals surface area contributed by atoms with Gasteiger partial charge in [0.15, 0.2) is 11.5 Å². The lowest BCUT2D eigenvalue weighted by atomic mass is 9.86. The van der Waals surface area contributed by atoms with Gasteiger partial charge in [0.25, 0.3) is 0 Å². The number of nitrogens with zero attached hydrogens (tertiary/aromatic N) is 2. The fraction of sp³-hybridized carbons (Fsp3) is 0.391. The van der Waals surface area contributed by atoms with Crippen molar-refractivity contribution < 1.29 is 14.2 Å². The molecule has 0 aliphatic carbocycles. The van der Waals surface area contributed by atoms with Crippen LogP contribution in [-0.4, -0.2) is 37.6 Å². The second-order valence-corrected chi connectivity index (χ2v) is 9.19. The highest BCUT2D eigenvalue weighted by atomic mass is 32.1. The van der Waals surface area contributed by atoms with Gasteiger partial charge in [-0.2, -0.15) is 0 Å². The molecule has 30 heavy (non-hydrogen) atoms. The summed E-state index contributed by atoms with van der Waals surface area (Å²) in [6.07, 6.45) is 0.809. The number of benzene rings is 1. The van der Waals surface area contributed by atoms with Gasteiger partial charge in [0.05, 0.1) is 42.6 Å². The number of nitrogens with two attached hydrogens (primary N) is 1. The molecule has 158 valence electrons. The molecule has 0 radical (unpaired) electrons. The van der Waals surface area contributed by atoms with Gasteiger partial charge in [0.2, 0.25) is 0 Å². The van der Waals surface area contributed by atoms with Gasteiger partial charge in [0, 0.05) is 23.8 Å². The van der Waals surface area contributed by atoms with Crippen LogP contribution in [0.4, 0.5) is 5.69 Å². The number of hydrogen-bond acceptors (Lipinski definition) is 7. The maximum Gasteiger partial charge on any atom is 0.161 e. The Morgan fingerprint density at radius 2 is 1.80 bits per heavy atom. The Morgan fingerprint density at radius 1 is 1.10 bits per heavy atom. The summed E-state index contributed by atoms with van der Waals surface area (Å²) in [5.41, 5.74) is 12.2. The molecular weight excluding hydrogens is 398 g/mol. The predicted molar refractivity (Wildman–Crippen MR) is 122 cm³/mol. The molecule has 0 saturated heterocycles. The van der Waals surface area contributed by atoms with Crippen molar-refractivity contribution in [1.29, 1.82) is 0 Å². The molecule has 1 aliphatic rings. The lowest BCUT2D eigenvalue weighted by Gasteiger charge is -2.29. The van der Waals surface area contributed by atoms with Crippen molar-refractivity contribution in [2.45, 2.75) is 39.3 Å². The number of pyridine rings is 1. The van der Waals surface area contributed by atoms with Crippen molar-refractivity contribution in [2.75, 3.05) is 27.1 Å². The van der Waals surface area contributed by atoms with E-state index < -0.39 is 0 Å². The van der Waals surface area contributed by atoms with Gasteiger partial charge in [-0.1, -0.05) is 0 Å². The minimum atomic E-state index is -0.261. The lowest BCUT2D eigenvalue weighted by Crippen LogP contribution is -2.29. The molecule has 0 saturated carbocycles. The molecule has 0 fully saturated rings. The number of fused-ring (bicyclic) bond motifs is 2. The summed E-state index contributed by atoms with van der Waals surface area (Å²) in [6.45, 7) is 6.74. The number of aliphatic imine (C=N–C) groups is 1. The molecule has 4 rings (SSSR count). The SMILES string of the molecule is COCc1cc(C)nc2sc(C3=NC(C)(C)Cc4cc(OC)c(OC)cc43)c(N)c12. The van der Waals surface area contributed by atoms with Crippen molar-refractivity contribution in [1.82, 2.24) is 4.98 Å². The quantitative estimate of drug-likeness (QED) is 0.650. The van der Waals surface area contributed by atoms with Crippen molar-refractivity contribution in [2.24, 2.45) is 4.99 Å². The molecule has 7 heteroatoms. The molecular formula is C23H27N3O3S. The Hall–Kier alpha value is -2.64. The molecule has 3 aromatic rings. The van der Waals surface area contributed by atoms with E-state index in [0.717, 1.165) is 49.8 Å². The molecule has 6 nitrogen and oxygen atoms in total. The number of anilines is 1. The first-order valence-corrected chi connectivity index (χ1v) is 10.6. The molecule has 0 spiro atoms. The van der Waals surface area contributed by atoms with Crippen LogP contribution in [0.25, 0.3) is 10.2 Å². The Bertz CT molecular complexity index is 1160. The van der Waals surface area contributed by atoms with E-state index in [1.54, 1.807) is 32.7 Å². The van der Waals surface area contributed by atoms with Gasteiger partial charge in [-0.05, 0) is 56.5 Å². The molecule has 2 N–H and O–H groups in total. The summed E-state index contributed by atoms with van der Waals surface area (Å²) in [5.74, 6) is 1.40. The number of aromatic nitrogens is 1. The van der Waals surface area contributed by atoms with Crippen LogP contribution in [0.5, 0.6) is 11.5 Å². The third-order valence-corrected chi connectivity index (χ3v) is 6.43. The third kappa shape index (κ3) is 3.42. The molecule has 1 aliphatic heterocycles. The number of methoxy groups -OCH3 is 3. The van der Waals surface area contributed by atoms with Crippen molar-refractivity contribution in [3.63, 3.8) is 0 Å². The van der Waals surface area contributed by atoms with Gasteiger partial charge in [-0.15, -0.1) is 11.3 Å². The van der Waals surface area contributed by atoms with Crippen molar-refractivity contribution >= 4 is 33.0 Å². The van der Waals surface area contributed by atoms with E-state index in [0.29, 0.717) is 18.0 Å². The largest absolute Gasteiger partial charge is 0.493 e. The van der Waals surface area contributed by atoms with Crippen LogP contribution in [0.3, 0.4) is 0 Å². The topological polar surface area (TPSA) is 79.0 Å². The van der Waals surface area contributed by atoms with Crippen molar-refractivity contribution in [3.8, 4) is 11.5 Å². The van der Waals surface area contributed by atoms with Crippen LogP contribution >= 0.6 is 11.3 Å². The van der Waals surface area contributed by atoms with Crippen LogP contribution in [-0.2, 0) is 17.8 Å². The molecule has 0 bridgehead atoms. The summed E-state index contributed by atoms with van der Waals surface area (Å²) >= 11 is 1.58. The first-order valence-electron chi connectivity index (χ1n) is 9.81. The van der Waals surface area contributed by atoms with E-state index in [2.05, 4.69) is 13.8 Å². The summed E-state index contributed by atoms with van der Waals surface area (Å²) in [7, 11) is 4.99. The number of thiophene rings is 1. The first kappa shape index (κ1) is 20.6. The normalized spacial score (nSPS) is 15.1. The molecule has 2 aromatic heterocycles. The Kier molecular flexibility index (Phi) is 5.20. The van der Waals surface area contributed by atoms with Gasteiger partial charge in [0.1, 0.15) is 4.83 Å². The first-order chi connectivity index (χ1) is 14.3. The fourth-order valence-corrected chi connectivity index (χ4v) is 5.30. The molecule has 1 aromatic carbocycles. The van der Waals surface area contributed by atoms with Gasteiger partial charge < -0.3 is 19.9 Å². The summed E-state index contributed by atoms with van der Waals surface area (Å²) < 4.78 is 16.5. The number of ether oxygens (including phenoxy) is 3. The van der Waals surface area contributed by atoms with E-state index in [-0.39, 0.29) is 5.54 Å². The number of rotatable bonds is 5. The number of nitrogen functional groups attached to an aromatic ring is 1. The monoisotopic (exact) mass is 425 g/mol. The Balaban J connectivity index is 1.98. The van der Waals surface area contributed by atoms with Crippen LogP contribution in [0.2, 0.25) is 0 Å². The number of hydrogen-bond donors (Lipinski definition) is 1. The van der Waals surface area contributed by atoms with Gasteiger partial charge in [-0.25, -0.2) is 4.98 Å². The maximum atomic E-state index is 6.70. The molecule has 0 atom stereocenters. The van der Waals surface area contributed by atoms with Crippen molar-refractivity contribution in [3.05, 3.63) is 45.5 Å².